The molecule has 0 radical (unpaired) electrons. The van der Waals surface area contributed by atoms with Crippen LogP contribution in [0.4, 0.5) is 10.1 Å². The molecule has 21 heavy (non-hydrogen) atoms. The topological polar surface area (TPSA) is 86.6 Å². The van der Waals surface area contributed by atoms with Crippen molar-refractivity contribution in [3.05, 3.63) is 59.4 Å². The normalized spacial score (nSPS) is 10.1. The lowest BCUT2D eigenvalue weighted by atomic mass is 10.1. The number of hydrogen-bond donors (Lipinski definition) is 3. The molecule has 0 bridgehead atoms. The Balaban J connectivity index is 2.12. The van der Waals surface area contributed by atoms with Crippen molar-refractivity contribution >= 4 is 17.6 Å². The molecule has 0 aromatic heterocycles. The number of aromatic carboxylic acids is 1. The van der Waals surface area contributed by atoms with Gasteiger partial charge in [-0.15, -0.1) is 0 Å². The lowest BCUT2D eigenvalue weighted by molar-refractivity contribution is -0.115. The predicted octanol–water partition coefficient (Wildman–Crippen LogP) is 2.41. The number of hydrogen-bond acceptors (Lipinski definition) is 3. The first-order valence-corrected chi connectivity index (χ1v) is 6.06. The van der Waals surface area contributed by atoms with Crippen LogP contribution in [-0.4, -0.2) is 22.1 Å². The van der Waals surface area contributed by atoms with Gasteiger partial charge in [-0.25, -0.2) is 9.18 Å². The number of phenols is 1. The van der Waals surface area contributed by atoms with Crippen LogP contribution >= 0.6 is 0 Å². The zero-order valence-electron chi connectivity index (χ0n) is 10.8. The Hall–Kier alpha value is -2.89. The molecule has 0 spiro atoms. The third kappa shape index (κ3) is 3.79. The third-order valence-electron chi connectivity index (χ3n) is 2.76. The molecule has 0 fully saturated rings. The molecule has 1 amide bonds. The van der Waals surface area contributed by atoms with Gasteiger partial charge in [-0.3, -0.25) is 4.79 Å². The first-order valence-electron chi connectivity index (χ1n) is 6.06. The molecule has 0 aliphatic heterocycles. The van der Waals surface area contributed by atoms with Crippen LogP contribution in [-0.2, 0) is 11.2 Å². The molecule has 2 aromatic rings. The molecule has 108 valence electrons. The Morgan fingerprint density at radius 1 is 1.14 bits per heavy atom. The van der Waals surface area contributed by atoms with Gasteiger partial charge in [0.25, 0.3) is 0 Å². The fourth-order valence-electron chi connectivity index (χ4n) is 1.80. The molecule has 5 nitrogen and oxygen atoms in total. The van der Waals surface area contributed by atoms with Gasteiger partial charge in [0.15, 0.2) is 0 Å². The van der Waals surface area contributed by atoms with Gasteiger partial charge in [0.1, 0.15) is 11.6 Å². The highest BCUT2D eigenvalue weighted by molar-refractivity contribution is 5.95. The number of halogens is 1. The van der Waals surface area contributed by atoms with Crippen molar-refractivity contribution in [3.8, 4) is 5.75 Å². The lowest BCUT2D eigenvalue weighted by Gasteiger charge is -2.07. The Morgan fingerprint density at radius 3 is 2.57 bits per heavy atom. The zero-order valence-corrected chi connectivity index (χ0v) is 10.8. The summed E-state index contributed by atoms with van der Waals surface area (Å²) in [5, 5.41) is 20.5. The summed E-state index contributed by atoms with van der Waals surface area (Å²) in [6, 6.07) is 9.27. The summed E-state index contributed by atoms with van der Waals surface area (Å²) in [6.45, 7) is 0. The third-order valence-corrected chi connectivity index (χ3v) is 2.76. The number of carboxylic acids is 1. The van der Waals surface area contributed by atoms with Crippen LogP contribution in [0.15, 0.2) is 42.5 Å². The number of anilines is 1. The van der Waals surface area contributed by atoms with Crippen molar-refractivity contribution in [2.45, 2.75) is 6.42 Å². The minimum Gasteiger partial charge on any atom is -0.508 e. The van der Waals surface area contributed by atoms with Gasteiger partial charge in [0.2, 0.25) is 5.91 Å². The van der Waals surface area contributed by atoms with Crippen molar-refractivity contribution in [3.63, 3.8) is 0 Å². The van der Waals surface area contributed by atoms with E-state index in [9.17, 15) is 19.1 Å². The molecule has 0 saturated carbocycles. The Bertz CT molecular complexity index is 700. The SMILES string of the molecule is O=C(Cc1cccc(O)c1)Nc1cc(C(=O)O)ccc1F. The Labute approximate surface area is 119 Å². The fraction of sp³-hybridized carbons (Fsp3) is 0.0667. The largest absolute Gasteiger partial charge is 0.508 e. The highest BCUT2D eigenvalue weighted by Gasteiger charge is 2.11. The average molecular weight is 289 g/mol. The average Bonchev–Trinajstić information content (AvgIpc) is 2.41. The lowest BCUT2D eigenvalue weighted by Crippen LogP contribution is -2.15. The van der Waals surface area contributed by atoms with E-state index in [4.69, 9.17) is 5.11 Å². The van der Waals surface area contributed by atoms with Crippen molar-refractivity contribution in [2.75, 3.05) is 5.32 Å². The van der Waals surface area contributed by atoms with Crippen LogP contribution in [0.2, 0.25) is 0 Å². The van der Waals surface area contributed by atoms with E-state index >= 15 is 0 Å². The van der Waals surface area contributed by atoms with Gasteiger partial charge in [-0.1, -0.05) is 12.1 Å². The highest BCUT2D eigenvalue weighted by atomic mass is 19.1. The van der Waals surface area contributed by atoms with E-state index in [1.54, 1.807) is 12.1 Å². The quantitative estimate of drug-likeness (QED) is 0.806. The number of carboxylic acid groups (broad SMARTS) is 1. The molecule has 2 aromatic carbocycles. The fourth-order valence-corrected chi connectivity index (χ4v) is 1.80. The number of amides is 1. The van der Waals surface area contributed by atoms with Crippen LogP contribution in [0.25, 0.3) is 0 Å². The molecule has 0 atom stereocenters. The molecular weight excluding hydrogens is 277 g/mol. The van der Waals surface area contributed by atoms with E-state index in [1.165, 1.54) is 12.1 Å². The minimum absolute atomic E-state index is 0.0272. The van der Waals surface area contributed by atoms with Crippen LogP contribution in [0, 0.1) is 5.82 Å². The molecule has 0 aliphatic carbocycles. The van der Waals surface area contributed by atoms with Gasteiger partial charge in [-0.2, -0.15) is 0 Å². The number of aromatic hydroxyl groups is 1. The number of carbonyl (C=O) groups excluding carboxylic acids is 1. The summed E-state index contributed by atoms with van der Waals surface area (Å²) >= 11 is 0. The number of carbonyl (C=O) groups is 2. The van der Waals surface area contributed by atoms with Gasteiger partial charge in [0, 0.05) is 0 Å². The molecule has 0 unspecified atom stereocenters. The van der Waals surface area contributed by atoms with E-state index in [2.05, 4.69) is 5.32 Å². The second-order valence-electron chi connectivity index (χ2n) is 4.39. The summed E-state index contributed by atoms with van der Waals surface area (Å²) in [6.07, 6.45) is -0.0643. The number of benzene rings is 2. The summed E-state index contributed by atoms with van der Waals surface area (Å²) in [5.41, 5.74) is 0.242. The molecular formula is C15H12FNO4. The summed E-state index contributed by atoms with van der Waals surface area (Å²) in [4.78, 5) is 22.6. The van der Waals surface area contributed by atoms with Crippen molar-refractivity contribution in [2.24, 2.45) is 0 Å². The molecule has 2 rings (SSSR count). The Morgan fingerprint density at radius 2 is 1.90 bits per heavy atom. The van der Waals surface area contributed by atoms with Crippen LogP contribution in [0.3, 0.4) is 0 Å². The molecule has 3 N–H and O–H groups in total. The number of rotatable bonds is 4. The summed E-state index contributed by atoms with van der Waals surface area (Å²) in [5.74, 6) is -2.41. The maximum absolute atomic E-state index is 13.5. The van der Waals surface area contributed by atoms with E-state index in [0.29, 0.717) is 5.56 Å². The van der Waals surface area contributed by atoms with E-state index < -0.39 is 17.7 Å². The number of phenolic OH excluding ortho intramolecular Hbond substituents is 1. The monoisotopic (exact) mass is 289 g/mol. The summed E-state index contributed by atoms with van der Waals surface area (Å²) in [7, 11) is 0. The molecule has 0 aliphatic rings. The van der Waals surface area contributed by atoms with E-state index in [-0.39, 0.29) is 23.4 Å². The summed E-state index contributed by atoms with van der Waals surface area (Å²) < 4.78 is 13.5. The first-order chi connectivity index (χ1) is 9.95. The van der Waals surface area contributed by atoms with E-state index in [1.807, 2.05) is 0 Å². The van der Waals surface area contributed by atoms with Crippen molar-refractivity contribution in [1.82, 2.24) is 0 Å². The van der Waals surface area contributed by atoms with E-state index in [0.717, 1.165) is 18.2 Å². The second kappa shape index (κ2) is 6.04. The number of nitrogens with one attached hydrogen (secondary N) is 1. The second-order valence-corrected chi connectivity index (χ2v) is 4.39. The van der Waals surface area contributed by atoms with Gasteiger partial charge < -0.3 is 15.5 Å². The highest BCUT2D eigenvalue weighted by Crippen LogP contribution is 2.17. The van der Waals surface area contributed by atoms with Crippen LogP contribution in [0.1, 0.15) is 15.9 Å². The van der Waals surface area contributed by atoms with Crippen molar-refractivity contribution in [1.29, 1.82) is 0 Å². The standard InChI is InChI=1S/C15H12FNO4/c16-12-5-4-10(15(20)21)8-13(12)17-14(19)7-9-2-1-3-11(18)6-9/h1-6,8,18H,7H2,(H,17,19)(H,20,21). The maximum atomic E-state index is 13.5. The minimum atomic E-state index is -1.21. The van der Waals surface area contributed by atoms with Gasteiger partial charge >= 0.3 is 5.97 Å². The molecule has 0 saturated heterocycles. The molecule has 6 heteroatoms. The predicted molar refractivity (Wildman–Crippen MR) is 73.8 cm³/mol. The smallest absolute Gasteiger partial charge is 0.335 e. The Kier molecular flexibility index (Phi) is 4.18. The van der Waals surface area contributed by atoms with Crippen molar-refractivity contribution < 1.29 is 24.2 Å². The van der Waals surface area contributed by atoms with Crippen LogP contribution in [0.5, 0.6) is 5.75 Å². The van der Waals surface area contributed by atoms with Crippen LogP contribution < -0.4 is 5.32 Å². The first kappa shape index (κ1) is 14.5. The van der Waals surface area contributed by atoms with Gasteiger partial charge in [-0.05, 0) is 35.9 Å². The maximum Gasteiger partial charge on any atom is 0.335 e. The van der Waals surface area contributed by atoms with Gasteiger partial charge in [0.05, 0.1) is 17.7 Å². The molecule has 0 heterocycles. The zero-order chi connectivity index (χ0) is 15.4.